The molecule has 0 bridgehead atoms. The van der Waals surface area contributed by atoms with Crippen LogP contribution in [0.15, 0.2) is 96.6 Å². The van der Waals surface area contributed by atoms with E-state index in [2.05, 4.69) is 65.6 Å². The second-order valence-corrected chi connectivity index (χ2v) is 7.28. The number of Topliss-reactive ketones (excluding diaryl/α,β-unsaturated/α-hetero) is 1. The van der Waals surface area contributed by atoms with Gasteiger partial charge in [-0.1, -0.05) is 96.6 Å². The minimum atomic E-state index is 0.208. The van der Waals surface area contributed by atoms with E-state index < -0.39 is 0 Å². The van der Waals surface area contributed by atoms with Gasteiger partial charge in [-0.25, -0.2) is 0 Å². The maximum absolute atomic E-state index is 12.5. The van der Waals surface area contributed by atoms with Gasteiger partial charge in [-0.3, -0.25) is 9.69 Å². The monoisotopic (exact) mass is 367 g/mol. The molecule has 0 spiro atoms. The molecule has 2 nitrogen and oxygen atoms in total. The first-order valence-corrected chi connectivity index (χ1v) is 9.95. The summed E-state index contributed by atoms with van der Waals surface area (Å²) in [6.07, 6.45) is 2.00. The van der Waals surface area contributed by atoms with Crippen LogP contribution in [0.4, 0.5) is 0 Å². The van der Waals surface area contributed by atoms with Crippen LogP contribution in [0.1, 0.15) is 34.3 Å². The molecule has 1 fully saturated rings. The predicted molar refractivity (Wildman–Crippen MR) is 115 cm³/mol. The summed E-state index contributed by atoms with van der Waals surface area (Å²) in [5, 5.41) is 0. The number of carbonyl (C=O) groups is 1. The van der Waals surface area contributed by atoms with Crippen molar-refractivity contribution in [1.29, 1.82) is 0 Å². The highest BCUT2D eigenvalue weighted by Crippen LogP contribution is 2.32. The quantitative estimate of drug-likeness (QED) is 0.558. The molecule has 0 radical (unpaired) electrons. The molecule has 0 atom stereocenters. The summed E-state index contributed by atoms with van der Waals surface area (Å²) in [5.74, 6) is 0.208. The summed E-state index contributed by atoms with van der Waals surface area (Å²) in [5.41, 5.74) is 6.20. The maximum atomic E-state index is 12.5. The number of hydrogen-bond acceptors (Lipinski definition) is 2. The van der Waals surface area contributed by atoms with E-state index in [1.807, 2.05) is 30.3 Å². The lowest BCUT2D eigenvalue weighted by atomic mass is 9.88. The fraction of sp³-hybridized carbons (Fsp3) is 0.192. The first-order chi connectivity index (χ1) is 13.8. The molecule has 0 unspecified atom stereocenters. The van der Waals surface area contributed by atoms with Gasteiger partial charge in [0.15, 0.2) is 5.78 Å². The first kappa shape index (κ1) is 18.4. The van der Waals surface area contributed by atoms with E-state index >= 15 is 0 Å². The fourth-order valence-corrected chi connectivity index (χ4v) is 3.93. The van der Waals surface area contributed by atoms with E-state index in [0.29, 0.717) is 6.54 Å². The average Bonchev–Trinajstić information content (AvgIpc) is 2.77. The van der Waals surface area contributed by atoms with E-state index in [4.69, 9.17) is 0 Å². The summed E-state index contributed by atoms with van der Waals surface area (Å²) in [6.45, 7) is 2.36. The Morgan fingerprint density at radius 2 is 1.07 bits per heavy atom. The molecule has 0 aromatic heterocycles. The molecule has 140 valence electrons. The SMILES string of the molecule is O=C(CN1CCC(=C(c2ccccc2)c2ccccc2)CC1)c1ccccc1. The van der Waals surface area contributed by atoms with E-state index in [9.17, 15) is 4.79 Å². The molecule has 3 aromatic rings. The first-order valence-electron chi connectivity index (χ1n) is 9.95. The Balaban J connectivity index is 1.52. The molecule has 1 saturated heterocycles. The highest BCUT2D eigenvalue weighted by molar-refractivity contribution is 5.97. The summed E-state index contributed by atoms with van der Waals surface area (Å²) in [7, 11) is 0. The van der Waals surface area contributed by atoms with Crippen LogP contribution in [-0.2, 0) is 0 Å². The average molecular weight is 367 g/mol. The summed E-state index contributed by atoms with van der Waals surface area (Å²) >= 11 is 0. The van der Waals surface area contributed by atoms with E-state index in [-0.39, 0.29) is 5.78 Å². The van der Waals surface area contributed by atoms with Gasteiger partial charge in [-0.15, -0.1) is 0 Å². The zero-order chi connectivity index (χ0) is 19.2. The van der Waals surface area contributed by atoms with Crippen molar-refractivity contribution in [2.75, 3.05) is 19.6 Å². The molecule has 1 aliphatic rings. The number of carbonyl (C=O) groups excluding carboxylic acids is 1. The molecular weight excluding hydrogens is 342 g/mol. The molecule has 3 aromatic carbocycles. The Bertz CT molecular complexity index is 894. The van der Waals surface area contributed by atoms with Gasteiger partial charge in [0, 0.05) is 18.7 Å². The number of nitrogens with zero attached hydrogens (tertiary/aromatic N) is 1. The lowest BCUT2D eigenvalue weighted by molar-refractivity contribution is 0.0925. The third-order valence-corrected chi connectivity index (χ3v) is 5.40. The Morgan fingerprint density at radius 1 is 0.643 bits per heavy atom. The van der Waals surface area contributed by atoms with Crippen molar-refractivity contribution in [3.05, 3.63) is 113 Å². The van der Waals surface area contributed by atoms with Crippen molar-refractivity contribution in [2.24, 2.45) is 0 Å². The Labute approximate surface area is 167 Å². The largest absolute Gasteiger partial charge is 0.295 e. The van der Waals surface area contributed by atoms with Crippen LogP contribution in [-0.4, -0.2) is 30.3 Å². The number of benzene rings is 3. The molecular formula is C26H25NO. The predicted octanol–water partition coefficient (Wildman–Crippen LogP) is 5.47. The molecule has 4 rings (SSSR count). The van der Waals surface area contributed by atoms with Gasteiger partial charge in [0.25, 0.3) is 0 Å². The zero-order valence-corrected chi connectivity index (χ0v) is 16.1. The van der Waals surface area contributed by atoms with Gasteiger partial charge in [0.1, 0.15) is 0 Å². The van der Waals surface area contributed by atoms with Gasteiger partial charge in [0.05, 0.1) is 6.54 Å². The van der Waals surface area contributed by atoms with Gasteiger partial charge < -0.3 is 0 Å². The standard InChI is InChI=1S/C26H25NO/c28-25(21-10-4-1-5-11-21)20-27-18-16-24(17-19-27)26(22-12-6-2-7-13-22)23-14-8-3-9-15-23/h1-15H,16-20H2. The second kappa shape index (κ2) is 8.81. The van der Waals surface area contributed by atoms with Crippen LogP contribution in [0.25, 0.3) is 5.57 Å². The summed E-state index contributed by atoms with van der Waals surface area (Å²) in [4.78, 5) is 14.8. The lowest BCUT2D eigenvalue weighted by Gasteiger charge is -2.29. The van der Waals surface area contributed by atoms with E-state index in [1.54, 1.807) is 0 Å². The molecule has 28 heavy (non-hydrogen) atoms. The van der Waals surface area contributed by atoms with Crippen LogP contribution in [0.2, 0.25) is 0 Å². The maximum Gasteiger partial charge on any atom is 0.176 e. The van der Waals surface area contributed by atoms with Crippen molar-refractivity contribution in [3.8, 4) is 0 Å². The zero-order valence-electron chi connectivity index (χ0n) is 16.1. The number of hydrogen-bond donors (Lipinski definition) is 0. The van der Waals surface area contributed by atoms with Gasteiger partial charge in [0.2, 0.25) is 0 Å². The Kier molecular flexibility index (Phi) is 5.79. The molecule has 0 saturated carbocycles. The van der Waals surface area contributed by atoms with E-state index in [1.165, 1.54) is 22.3 Å². The number of likely N-dealkylation sites (tertiary alicyclic amines) is 1. The smallest absolute Gasteiger partial charge is 0.176 e. The van der Waals surface area contributed by atoms with Gasteiger partial charge >= 0.3 is 0 Å². The third kappa shape index (κ3) is 4.29. The van der Waals surface area contributed by atoms with Crippen molar-refractivity contribution >= 4 is 11.4 Å². The molecule has 1 heterocycles. The van der Waals surface area contributed by atoms with Gasteiger partial charge in [-0.2, -0.15) is 0 Å². The number of rotatable bonds is 5. The fourth-order valence-electron chi connectivity index (χ4n) is 3.93. The van der Waals surface area contributed by atoms with Crippen molar-refractivity contribution in [1.82, 2.24) is 4.90 Å². The minimum Gasteiger partial charge on any atom is -0.295 e. The van der Waals surface area contributed by atoms with Crippen LogP contribution in [0, 0.1) is 0 Å². The summed E-state index contributed by atoms with van der Waals surface area (Å²) < 4.78 is 0. The number of piperidine rings is 1. The summed E-state index contributed by atoms with van der Waals surface area (Å²) in [6, 6.07) is 30.9. The van der Waals surface area contributed by atoms with Crippen LogP contribution in [0.3, 0.4) is 0 Å². The van der Waals surface area contributed by atoms with Crippen molar-refractivity contribution < 1.29 is 4.79 Å². The molecule has 2 heteroatoms. The van der Waals surface area contributed by atoms with Crippen LogP contribution < -0.4 is 0 Å². The highest BCUT2D eigenvalue weighted by Gasteiger charge is 2.20. The highest BCUT2D eigenvalue weighted by atomic mass is 16.1. The van der Waals surface area contributed by atoms with Crippen molar-refractivity contribution in [3.63, 3.8) is 0 Å². The van der Waals surface area contributed by atoms with E-state index in [0.717, 1.165) is 31.5 Å². The second-order valence-electron chi connectivity index (χ2n) is 7.28. The Hall–Kier alpha value is -2.97. The van der Waals surface area contributed by atoms with Crippen molar-refractivity contribution in [2.45, 2.75) is 12.8 Å². The topological polar surface area (TPSA) is 20.3 Å². The molecule has 0 N–H and O–H groups in total. The molecule has 0 amide bonds. The molecule has 0 aliphatic carbocycles. The third-order valence-electron chi connectivity index (χ3n) is 5.40. The van der Waals surface area contributed by atoms with Gasteiger partial charge in [-0.05, 0) is 29.5 Å². The number of ketones is 1. The van der Waals surface area contributed by atoms with Crippen LogP contribution in [0.5, 0.6) is 0 Å². The Morgan fingerprint density at radius 3 is 1.54 bits per heavy atom. The van der Waals surface area contributed by atoms with Crippen LogP contribution >= 0.6 is 0 Å². The lowest BCUT2D eigenvalue weighted by Crippen LogP contribution is -2.35. The molecule has 1 aliphatic heterocycles. The minimum absolute atomic E-state index is 0.208. The normalized spacial score (nSPS) is 14.6.